The Hall–Kier alpha value is -2.29. The lowest BCUT2D eigenvalue weighted by atomic mass is 10.2. The second kappa shape index (κ2) is 5.16. The van der Waals surface area contributed by atoms with Crippen LogP contribution in [0.25, 0.3) is 0 Å². The number of hydrogen-bond donors (Lipinski definition) is 2. The second-order valence-electron chi connectivity index (χ2n) is 3.77. The summed E-state index contributed by atoms with van der Waals surface area (Å²) in [6.07, 6.45) is 0. The molecular weight excluding hydrogens is 210 g/mol. The van der Waals surface area contributed by atoms with Crippen LogP contribution in [-0.2, 0) is 0 Å². The molecule has 0 aromatic heterocycles. The first kappa shape index (κ1) is 11.2. The molecule has 0 unspecified atom stereocenters. The van der Waals surface area contributed by atoms with Crippen molar-refractivity contribution in [2.75, 3.05) is 5.32 Å². The Kier molecular flexibility index (Phi) is 3.40. The molecule has 0 saturated carbocycles. The minimum atomic E-state index is 0.394. The van der Waals surface area contributed by atoms with Crippen molar-refractivity contribution in [3.63, 3.8) is 0 Å². The van der Waals surface area contributed by atoms with E-state index in [2.05, 4.69) is 10.3 Å². The minimum Gasteiger partial charge on any atom is -0.369 e. The molecule has 0 aliphatic heterocycles. The fraction of sp³-hybridized carbons (Fsp3) is 0.0714. The van der Waals surface area contributed by atoms with Crippen LogP contribution in [0.2, 0.25) is 0 Å². The molecule has 0 amide bonds. The fourth-order valence-electron chi connectivity index (χ4n) is 1.52. The maximum Gasteiger partial charge on any atom is 0.198 e. The Morgan fingerprint density at radius 3 is 2.35 bits per heavy atom. The summed E-state index contributed by atoms with van der Waals surface area (Å²) in [6, 6.07) is 17.6. The van der Waals surface area contributed by atoms with E-state index in [1.165, 1.54) is 0 Å². The average molecular weight is 225 g/mol. The van der Waals surface area contributed by atoms with E-state index in [4.69, 9.17) is 5.73 Å². The predicted octanol–water partition coefficient (Wildman–Crippen LogP) is 3.05. The van der Waals surface area contributed by atoms with Crippen molar-refractivity contribution in [2.45, 2.75) is 6.92 Å². The van der Waals surface area contributed by atoms with E-state index in [9.17, 15) is 0 Å². The maximum absolute atomic E-state index is 5.85. The van der Waals surface area contributed by atoms with Gasteiger partial charge in [0.25, 0.3) is 0 Å². The third kappa shape index (κ3) is 3.08. The van der Waals surface area contributed by atoms with Crippen molar-refractivity contribution in [3.8, 4) is 0 Å². The summed E-state index contributed by atoms with van der Waals surface area (Å²) in [7, 11) is 0. The zero-order chi connectivity index (χ0) is 12.1. The molecule has 3 N–H and O–H groups in total. The van der Waals surface area contributed by atoms with Gasteiger partial charge in [0.2, 0.25) is 0 Å². The lowest BCUT2D eigenvalue weighted by molar-refractivity contribution is 1.37. The summed E-state index contributed by atoms with van der Waals surface area (Å²) in [5.41, 5.74) is 8.76. The van der Waals surface area contributed by atoms with Crippen LogP contribution in [0, 0.1) is 6.92 Å². The highest BCUT2D eigenvalue weighted by Gasteiger charge is 1.97. The number of anilines is 1. The van der Waals surface area contributed by atoms with Crippen molar-refractivity contribution in [1.29, 1.82) is 0 Å². The molecule has 0 aliphatic rings. The van der Waals surface area contributed by atoms with Gasteiger partial charge in [0.05, 0.1) is 5.69 Å². The topological polar surface area (TPSA) is 50.4 Å². The summed E-state index contributed by atoms with van der Waals surface area (Å²) in [4.78, 5) is 4.34. The van der Waals surface area contributed by atoms with Gasteiger partial charge in [0.15, 0.2) is 5.96 Å². The van der Waals surface area contributed by atoms with Crippen LogP contribution in [0.1, 0.15) is 5.56 Å². The summed E-state index contributed by atoms with van der Waals surface area (Å²) in [5, 5.41) is 3.05. The maximum atomic E-state index is 5.85. The highest BCUT2D eigenvalue weighted by molar-refractivity contribution is 5.94. The number of nitrogens with one attached hydrogen (secondary N) is 1. The van der Waals surface area contributed by atoms with Gasteiger partial charge in [-0.2, -0.15) is 0 Å². The van der Waals surface area contributed by atoms with E-state index in [-0.39, 0.29) is 0 Å². The molecule has 0 aliphatic carbocycles. The lowest BCUT2D eigenvalue weighted by Crippen LogP contribution is -2.21. The van der Waals surface area contributed by atoms with Gasteiger partial charge in [0, 0.05) is 5.69 Å². The molecule has 3 nitrogen and oxygen atoms in total. The molecule has 0 fully saturated rings. The van der Waals surface area contributed by atoms with Crippen LogP contribution in [-0.4, -0.2) is 5.96 Å². The van der Waals surface area contributed by atoms with Gasteiger partial charge in [-0.3, -0.25) is 0 Å². The Morgan fingerprint density at radius 1 is 1.00 bits per heavy atom. The van der Waals surface area contributed by atoms with Crippen LogP contribution in [0.3, 0.4) is 0 Å². The molecule has 0 spiro atoms. The van der Waals surface area contributed by atoms with Crippen LogP contribution in [0.4, 0.5) is 11.4 Å². The Morgan fingerprint density at radius 2 is 1.65 bits per heavy atom. The fourth-order valence-corrected chi connectivity index (χ4v) is 1.52. The Bertz CT molecular complexity index is 518. The van der Waals surface area contributed by atoms with Crippen LogP contribution in [0.5, 0.6) is 0 Å². The smallest absolute Gasteiger partial charge is 0.198 e. The van der Waals surface area contributed by atoms with E-state index in [1.54, 1.807) is 0 Å². The molecule has 2 aromatic carbocycles. The largest absolute Gasteiger partial charge is 0.369 e. The molecule has 3 heteroatoms. The second-order valence-corrected chi connectivity index (χ2v) is 3.77. The molecule has 17 heavy (non-hydrogen) atoms. The Labute approximate surface area is 101 Å². The number of hydrogen-bond acceptors (Lipinski definition) is 1. The van der Waals surface area contributed by atoms with Crippen molar-refractivity contribution in [3.05, 3.63) is 60.2 Å². The van der Waals surface area contributed by atoms with Crippen LogP contribution < -0.4 is 11.1 Å². The summed E-state index contributed by atoms with van der Waals surface area (Å²) in [5.74, 6) is 0.394. The van der Waals surface area contributed by atoms with E-state index < -0.39 is 0 Å². The van der Waals surface area contributed by atoms with Gasteiger partial charge in [-0.15, -0.1) is 0 Å². The van der Waals surface area contributed by atoms with E-state index in [1.807, 2.05) is 61.5 Å². The van der Waals surface area contributed by atoms with E-state index in [0.717, 1.165) is 16.9 Å². The summed E-state index contributed by atoms with van der Waals surface area (Å²) < 4.78 is 0. The van der Waals surface area contributed by atoms with Gasteiger partial charge >= 0.3 is 0 Å². The van der Waals surface area contributed by atoms with Crippen molar-refractivity contribution >= 4 is 17.3 Å². The van der Waals surface area contributed by atoms with Gasteiger partial charge in [-0.05, 0) is 30.7 Å². The first-order valence-electron chi connectivity index (χ1n) is 5.47. The van der Waals surface area contributed by atoms with E-state index >= 15 is 0 Å². The number of rotatable bonds is 2. The molecule has 2 aromatic rings. The molecule has 86 valence electrons. The van der Waals surface area contributed by atoms with E-state index in [0.29, 0.717) is 5.96 Å². The highest BCUT2D eigenvalue weighted by Crippen LogP contribution is 2.17. The van der Waals surface area contributed by atoms with Gasteiger partial charge in [-0.1, -0.05) is 36.4 Å². The van der Waals surface area contributed by atoms with Crippen LogP contribution in [0.15, 0.2) is 59.6 Å². The summed E-state index contributed by atoms with van der Waals surface area (Å²) in [6.45, 7) is 2.01. The third-order valence-electron chi connectivity index (χ3n) is 2.40. The number of benzene rings is 2. The molecular formula is C14H15N3. The van der Waals surface area contributed by atoms with Crippen LogP contribution >= 0.6 is 0 Å². The first-order chi connectivity index (χ1) is 8.25. The average Bonchev–Trinajstić information content (AvgIpc) is 2.33. The van der Waals surface area contributed by atoms with Crippen molar-refractivity contribution in [1.82, 2.24) is 0 Å². The van der Waals surface area contributed by atoms with Crippen molar-refractivity contribution < 1.29 is 0 Å². The van der Waals surface area contributed by atoms with Gasteiger partial charge < -0.3 is 11.1 Å². The predicted molar refractivity (Wildman–Crippen MR) is 72.5 cm³/mol. The van der Waals surface area contributed by atoms with Gasteiger partial charge in [0.1, 0.15) is 0 Å². The molecule has 0 bridgehead atoms. The summed E-state index contributed by atoms with van der Waals surface area (Å²) >= 11 is 0. The number of aryl methyl sites for hydroxylation is 1. The third-order valence-corrected chi connectivity index (χ3v) is 2.40. The van der Waals surface area contributed by atoms with Gasteiger partial charge in [-0.25, -0.2) is 4.99 Å². The quantitative estimate of drug-likeness (QED) is 0.609. The normalized spacial score (nSPS) is 11.2. The molecule has 0 heterocycles. The number of nitrogens with two attached hydrogens (primary N) is 1. The van der Waals surface area contributed by atoms with Crippen molar-refractivity contribution in [2.24, 2.45) is 10.7 Å². The molecule has 2 rings (SSSR count). The molecule has 0 saturated heterocycles. The highest BCUT2D eigenvalue weighted by atomic mass is 15.1. The number of nitrogens with zero attached hydrogens (tertiary/aromatic N) is 1. The minimum absolute atomic E-state index is 0.394. The number of aliphatic imine (C=N–C) groups is 1. The standard InChI is InChI=1S/C14H15N3/c1-11-7-5-6-10-13(11)17-14(15)16-12-8-3-2-4-9-12/h2-10H,1H3,(H3,15,16,17). The lowest BCUT2D eigenvalue weighted by Gasteiger charge is -2.06. The molecule has 0 radical (unpaired) electrons. The monoisotopic (exact) mass is 225 g/mol. The Balaban J connectivity index is 2.16. The zero-order valence-electron chi connectivity index (χ0n) is 9.72. The molecule has 0 atom stereocenters. The number of guanidine groups is 1. The number of para-hydroxylation sites is 2. The zero-order valence-corrected chi connectivity index (χ0v) is 9.72. The SMILES string of the molecule is Cc1ccccc1N=C(N)Nc1ccccc1. The first-order valence-corrected chi connectivity index (χ1v) is 5.47.